The topological polar surface area (TPSA) is 112 Å². The van der Waals surface area contributed by atoms with Gasteiger partial charge in [-0.15, -0.1) is 0 Å². The van der Waals surface area contributed by atoms with Crippen LogP contribution in [-0.4, -0.2) is 56.9 Å². The van der Waals surface area contributed by atoms with Gasteiger partial charge in [-0.3, -0.25) is 14.4 Å². The van der Waals surface area contributed by atoms with E-state index in [0.29, 0.717) is 17.3 Å². The molecule has 0 radical (unpaired) electrons. The molecule has 1 aliphatic heterocycles. The summed E-state index contributed by atoms with van der Waals surface area (Å²) < 4.78 is 0. The monoisotopic (exact) mass is 690 g/mol. The van der Waals surface area contributed by atoms with E-state index >= 15 is 0 Å². The summed E-state index contributed by atoms with van der Waals surface area (Å²) in [6.07, 6.45) is 20.2. The van der Waals surface area contributed by atoms with Gasteiger partial charge in [0.25, 0.3) is 5.91 Å². The van der Waals surface area contributed by atoms with Crippen molar-refractivity contribution < 1.29 is 19.5 Å². The normalized spacial score (nSPS) is 25.0. The van der Waals surface area contributed by atoms with E-state index in [1.807, 2.05) is 60.9 Å². The van der Waals surface area contributed by atoms with Gasteiger partial charge in [0, 0.05) is 43.0 Å². The first kappa shape index (κ1) is 35.3. The van der Waals surface area contributed by atoms with E-state index in [4.69, 9.17) is 9.97 Å². The fourth-order valence-electron chi connectivity index (χ4n) is 8.98. The first-order chi connectivity index (χ1) is 24.7. The Bertz CT molecular complexity index is 1660. The molecule has 2 heterocycles. The van der Waals surface area contributed by atoms with Gasteiger partial charge in [-0.25, -0.2) is 9.97 Å². The molecule has 2 aromatic carbocycles. The molecule has 3 aromatic rings. The standard InChI is InChI=1S/C43H54N4O4/c1-3-4-28-5-9-30(10-6-28)31-13-15-32(16-14-31)35-24-44-39(45-25-35)33-11-7-29(8-12-33)23-38(41(49)47-26-36(27-47)42(50)51)46-40(48)34-17-19-37(20-18-34)43(2)21-22-43/h7-8,11-12,17-20,24-25,28,30-32,36,38H,3-6,9-10,13-16,21-23,26-27H2,1-2H3,(H,46,48)(H,50,51)/t28?,30?,31?,32?,38-/m0/s1. The summed E-state index contributed by atoms with van der Waals surface area (Å²) in [4.78, 5) is 49.3. The minimum Gasteiger partial charge on any atom is -0.481 e. The van der Waals surface area contributed by atoms with Crippen molar-refractivity contribution in [2.45, 2.75) is 115 Å². The highest BCUT2D eigenvalue weighted by molar-refractivity contribution is 5.98. The second kappa shape index (κ2) is 15.3. The Morgan fingerprint density at radius 2 is 1.47 bits per heavy atom. The molecule has 0 spiro atoms. The van der Waals surface area contributed by atoms with Crippen LogP contribution < -0.4 is 5.32 Å². The van der Waals surface area contributed by atoms with Crippen LogP contribution in [0.4, 0.5) is 0 Å². The molecule has 0 bridgehead atoms. The number of amides is 2. The van der Waals surface area contributed by atoms with Gasteiger partial charge in [0.05, 0.1) is 5.92 Å². The Hall–Kier alpha value is -4.07. The number of nitrogens with one attached hydrogen (secondary N) is 1. The second-order valence-corrected chi connectivity index (χ2v) is 16.4. The smallest absolute Gasteiger partial charge is 0.310 e. The summed E-state index contributed by atoms with van der Waals surface area (Å²) in [5.41, 5.74) is 4.96. The largest absolute Gasteiger partial charge is 0.481 e. The van der Waals surface area contributed by atoms with Crippen LogP contribution in [0, 0.1) is 23.7 Å². The number of rotatable bonds is 12. The van der Waals surface area contributed by atoms with E-state index in [1.165, 1.54) is 80.2 Å². The Balaban J connectivity index is 0.956. The summed E-state index contributed by atoms with van der Waals surface area (Å²) in [6.45, 7) is 4.85. The number of hydrogen-bond acceptors (Lipinski definition) is 5. The Morgan fingerprint density at radius 3 is 2.04 bits per heavy atom. The molecule has 2 amide bonds. The molecule has 270 valence electrons. The number of likely N-dealkylation sites (tertiary alicyclic amines) is 1. The fourth-order valence-corrected chi connectivity index (χ4v) is 8.98. The van der Waals surface area contributed by atoms with Crippen molar-refractivity contribution in [3.63, 3.8) is 0 Å². The highest BCUT2D eigenvalue weighted by Crippen LogP contribution is 2.47. The SMILES string of the molecule is CCCC1CCC(C2CCC(c3cnc(-c4ccc(C[C@H](NC(=O)c5ccc(C6(C)CC6)cc5)C(=O)N5CC(C(=O)O)C5)cc4)nc3)CC2)CC1. The predicted molar refractivity (Wildman–Crippen MR) is 198 cm³/mol. The molecular formula is C43H54N4O4. The molecule has 1 aromatic heterocycles. The van der Waals surface area contributed by atoms with Gasteiger partial charge in [0.15, 0.2) is 5.82 Å². The van der Waals surface area contributed by atoms with Gasteiger partial charge in [0.1, 0.15) is 6.04 Å². The van der Waals surface area contributed by atoms with Crippen molar-refractivity contribution in [3.8, 4) is 11.4 Å². The number of benzene rings is 2. The maximum Gasteiger partial charge on any atom is 0.310 e. The second-order valence-electron chi connectivity index (χ2n) is 16.4. The highest BCUT2D eigenvalue weighted by Gasteiger charge is 2.40. The number of carbonyl (C=O) groups excluding carboxylic acids is 2. The maximum atomic E-state index is 13.5. The van der Waals surface area contributed by atoms with Gasteiger partial charge >= 0.3 is 5.97 Å². The summed E-state index contributed by atoms with van der Waals surface area (Å²) >= 11 is 0. The average Bonchev–Trinajstić information content (AvgIpc) is 3.89. The van der Waals surface area contributed by atoms with Crippen molar-refractivity contribution in [1.82, 2.24) is 20.2 Å². The molecule has 4 aliphatic rings. The number of carboxylic acids is 1. The van der Waals surface area contributed by atoms with E-state index in [1.54, 1.807) is 0 Å². The minimum atomic E-state index is -0.905. The van der Waals surface area contributed by atoms with Crippen LogP contribution in [0.2, 0.25) is 0 Å². The molecule has 3 saturated carbocycles. The Kier molecular flexibility index (Phi) is 10.6. The summed E-state index contributed by atoms with van der Waals surface area (Å²) in [7, 11) is 0. The molecule has 0 unspecified atom stereocenters. The van der Waals surface area contributed by atoms with Gasteiger partial charge < -0.3 is 15.3 Å². The number of aliphatic carboxylic acids is 1. The van der Waals surface area contributed by atoms with E-state index in [2.05, 4.69) is 19.2 Å². The molecule has 7 rings (SSSR count). The van der Waals surface area contributed by atoms with E-state index in [0.717, 1.165) is 41.7 Å². The van der Waals surface area contributed by atoms with Crippen molar-refractivity contribution in [2.24, 2.45) is 23.7 Å². The zero-order valence-electron chi connectivity index (χ0n) is 30.4. The van der Waals surface area contributed by atoms with E-state index in [-0.39, 0.29) is 36.7 Å². The number of carbonyl (C=O) groups is 3. The number of hydrogen-bond donors (Lipinski definition) is 2. The zero-order valence-corrected chi connectivity index (χ0v) is 30.4. The first-order valence-electron chi connectivity index (χ1n) is 19.5. The van der Waals surface area contributed by atoms with Gasteiger partial charge in [-0.2, -0.15) is 0 Å². The molecular weight excluding hydrogens is 636 g/mol. The predicted octanol–water partition coefficient (Wildman–Crippen LogP) is 7.96. The van der Waals surface area contributed by atoms with Gasteiger partial charge in [-0.1, -0.05) is 75.9 Å². The number of aromatic nitrogens is 2. The molecule has 8 heteroatoms. The lowest BCUT2D eigenvalue weighted by Crippen LogP contribution is -2.59. The van der Waals surface area contributed by atoms with Crippen molar-refractivity contribution in [1.29, 1.82) is 0 Å². The van der Waals surface area contributed by atoms with Crippen LogP contribution in [-0.2, 0) is 21.4 Å². The average molecular weight is 691 g/mol. The number of carboxylic acid groups (broad SMARTS) is 1. The summed E-state index contributed by atoms with van der Waals surface area (Å²) in [6, 6.07) is 14.7. The molecule has 3 aliphatic carbocycles. The lowest BCUT2D eigenvalue weighted by atomic mass is 9.68. The molecule has 1 saturated heterocycles. The van der Waals surface area contributed by atoms with Crippen molar-refractivity contribution in [3.05, 3.63) is 83.2 Å². The molecule has 8 nitrogen and oxygen atoms in total. The highest BCUT2D eigenvalue weighted by atomic mass is 16.4. The molecule has 2 N–H and O–H groups in total. The van der Waals surface area contributed by atoms with E-state index in [9.17, 15) is 19.5 Å². The van der Waals surface area contributed by atoms with Crippen LogP contribution in [0.15, 0.2) is 60.9 Å². The Morgan fingerprint density at radius 1 is 0.863 bits per heavy atom. The molecule has 51 heavy (non-hydrogen) atoms. The molecule has 4 fully saturated rings. The summed E-state index contributed by atoms with van der Waals surface area (Å²) in [5, 5.41) is 12.3. The molecule has 1 atom stereocenters. The fraction of sp³-hybridized carbons (Fsp3) is 0.558. The van der Waals surface area contributed by atoms with Crippen molar-refractivity contribution >= 4 is 17.8 Å². The van der Waals surface area contributed by atoms with E-state index < -0.39 is 17.9 Å². The van der Waals surface area contributed by atoms with Crippen molar-refractivity contribution in [2.75, 3.05) is 13.1 Å². The van der Waals surface area contributed by atoms with Crippen LogP contribution in [0.25, 0.3) is 11.4 Å². The third-order valence-corrected chi connectivity index (χ3v) is 12.8. The summed E-state index contributed by atoms with van der Waals surface area (Å²) in [5.74, 6) is 1.95. The van der Waals surface area contributed by atoms with Gasteiger partial charge in [-0.05, 0) is 109 Å². The lowest BCUT2D eigenvalue weighted by Gasteiger charge is -2.39. The van der Waals surface area contributed by atoms with Crippen LogP contribution in [0.5, 0.6) is 0 Å². The van der Waals surface area contributed by atoms with Crippen LogP contribution >= 0.6 is 0 Å². The Labute approximate surface area is 302 Å². The third-order valence-electron chi connectivity index (χ3n) is 12.8. The minimum absolute atomic E-state index is 0.154. The van der Waals surface area contributed by atoms with Gasteiger partial charge in [0.2, 0.25) is 5.91 Å². The zero-order chi connectivity index (χ0) is 35.5. The first-order valence-corrected chi connectivity index (χ1v) is 19.5. The maximum absolute atomic E-state index is 13.5. The van der Waals surface area contributed by atoms with Crippen LogP contribution in [0.1, 0.15) is 124 Å². The number of nitrogens with zero attached hydrogens (tertiary/aromatic N) is 3. The third kappa shape index (κ3) is 8.21. The lowest BCUT2D eigenvalue weighted by molar-refractivity contribution is -0.153. The quantitative estimate of drug-likeness (QED) is 0.200. The van der Waals surface area contributed by atoms with Crippen LogP contribution in [0.3, 0.4) is 0 Å².